The molecule has 2 aromatic rings. The van der Waals surface area contributed by atoms with Gasteiger partial charge in [-0.1, -0.05) is 29.8 Å². The zero-order valence-corrected chi connectivity index (χ0v) is 15.0. The third-order valence-corrected chi connectivity index (χ3v) is 4.77. The number of benzene rings is 2. The predicted octanol–water partition coefficient (Wildman–Crippen LogP) is 3.58. The topological polar surface area (TPSA) is 41.9 Å². The average Bonchev–Trinajstić information content (AvgIpc) is 3.09. The number of ether oxygens (including phenoxy) is 2. The molecule has 0 radical (unpaired) electrons. The van der Waals surface area contributed by atoms with E-state index in [-0.39, 0.29) is 0 Å². The van der Waals surface area contributed by atoms with Crippen molar-refractivity contribution in [1.29, 1.82) is 0 Å². The van der Waals surface area contributed by atoms with Crippen LogP contribution in [0, 0.1) is 6.92 Å². The van der Waals surface area contributed by atoms with E-state index in [0.717, 1.165) is 30.9 Å². The highest BCUT2D eigenvalue weighted by molar-refractivity contribution is 5.29. The molecule has 1 saturated heterocycles. The van der Waals surface area contributed by atoms with Gasteiger partial charge >= 0.3 is 0 Å². The maximum absolute atomic E-state index is 10.4. The number of β-amino-alcohol motifs (C(OH)–C–C–N with tert-alkyl or cyclic N) is 1. The van der Waals surface area contributed by atoms with Crippen LogP contribution in [0.4, 0.5) is 0 Å². The number of rotatable bonds is 7. The van der Waals surface area contributed by atoms with Crippen LogP contribution in [0.15, 0.2) is 48.5 Å². The largest absolute Gasteiger partial charge is 0.497 e. The molecule has 0 saturated carbocycles. The zero-order chi connectivity index (χ0) is 17.6. The van der Waals surface area contributed by atoms with Gasteiger partial charge < -0.3 is 14.6 Å². The Balaban J connectivity index is 1.54. The lowest BCUT2D eigenvalue weighted by Gasteiger charge is -2.27. The lowest BCUT2D eigenvalue weighted by Crippen LogP contribution is -2.35. The van der Waals surface area contributed by atoms with Gasteiger partial charge in [-0.05, 0) is 56.1 Å². The number of nitrogens with zero attached hydrogens (tertiary/aromatic N) is 1. The number of aliphatic hydroxyl groups excluding tert-OH is 1. The first-order valence-corrected chi connectivity index (χ1v) is 8.91. The Kier molecular flexibility index (Phi) is 5.95. The third-order valence-electron chi connectivity index (χ3n) is 4.77. The number of hydrogen-bond donors (Lipinski definition) is 1. The fraction of sp³-hybridized carbons (Fsp3) is 0.429. The van der Waals surface area contributed by atoms with E-state index in [2.05, 4.69) is 17.0 Å². The van der Waals surface area contributed by atoms with Crippen LogP contribution in [0.1, 0.15) is 30.0 Å². The van der Waals surface area contributed by atoms with Crippen LogP contribution < -0.4 is 9.47 Å². The Morgan fingerprint density at radius 3 is 2.44 bits per heavy atom. The maximum atomic E-state index is 10.4. The molecule has 0 aromatic heterocycles. The van der Waals surface area contributed by atoms with E-state index in [9.17, 15) is 5.11 Å². The molecule has 25 heavy (non-hydrogen) atoms. The Morgan fingerprint density at radius 1 is 1.08 bits per heavy atom. The summed E-state index contributed by atoms with van der Waals surface area (Å²) in [6.45, 7) is 4.00. The Hall–Kier alpha value is -2.04. The summed E-state index contributed by atoms with van der Waals surface area (Å²) in [6.07, 6.45) is 1.78. The molecule has 2 unspecified atom stereocenters. The fourth-order valence-electron chi connectivity index (χ4n) is 3.40. The standard InChI is InChI=1S/C21H27NO3/c1-16-5-9-20(10-6-16)25-15-18(23)14-22-13-3-4-21(22)17-7-11-19(24-2)12-8-17/h5-12,18,21,23H,3-4,13-15H2,1-2H3. The lowest BCUT2D eigenvalue weighted by atomic mass is 10.0. The second-order valence-electron chi connectivity index (χ2n) is 6.70. The van der Waals surface area contributed by atoms with E-state index < -0.39 is 6.10 Å². The van der Waals surface area contributed by atoms with Crippen molar-refractivity contribution in [2.24, 2.45) is 0 Å². The fourth-order valence-corrected chi connectivity index (χ4v) is 3.40. The molecule has 3 rings (SSSR count). The molecule has 1 aliphatic heterocycles. The van der Waals surface area contributed by atoms with E-state index in [1.807, 2.05) is 43.3 Å². The van der Waals surface area contributed by atoms with Crippen LogP contribution >= 0.6 is 0 Å². The molecule has 1 N–H and O–H groups in total. The van der Waals surface area contributed by atoms with Crippen LogP contribution in [0.5, 0.6) is 11.5 Å². The van der Waals surface area contributed by atoms with Crippen molar-refractivity contribution in [3.63, 3.8) is 0 Å². The Labute approximate surface area is 150 Å². The van der Waals surface area contributed by atoms with Gasteiger partial charge in [-0.25, -0.2) is 0 Å². The first-order chi connectivity index (χ1) is 12.2. The summed E-state index contributed by atoms with van der Waals surface area (Å²) >= 11 is 0. The summed E-state index contributed by atoms with van der Waals surface area (Å²) in [5.41, 5.74) is 2.48. The van der Waals surface area contributed by atoms with E-state index in [4.69, 9.17) is 9.47 Å². The van der Waals surface area contributed by atoms with Crippen molar-refractivity contribution in [1.82, 2.24) is 4.90 Å². The number of hydrogen-bond acceptors (Lipinski definition) is 4. The average molecular weight is 341 g/mol. The van der Waals surface area contributed by atoms with Gasteiger partial charge in [0.1, 0.15) is 24.2 Å². The van der Waals surface area contributed by atoms with Gasteiger partial charge in [0.2, 0.25) is 0 Å². The highest BCUT2D eigenvalue weighted by Crippen LogP contribution is 2.32. The molecular formula is C21H27NO3. The van der Waals surface area contributed by atoms with E-state index in [0.29, 0.717) is 19.2 Å². The molecule has 1 heterocycles. The van der Waals surface area contributed by atoms with Crippen LogP contribution in [-0.2, 0) is 0 Å². The molecule has 2 aromatic carbocycles. The Bertz CT molecular complexity index is 654. The minimum absolute atomic E-state index is 0.314. The van der Waals surface area contributed by atoms with Crippen molar-refractivity contribution in [2.75, 3.05) is 26.8 Å². The molecule has 0 aliphatic carbocycles. The monoisotopic (exact) mass is 341 g/mol. The highest BCUT2D eigenvalue weighted by atomic mass is 16.5. The number of aliphatic hydroxyl groups is 1. The summed E-state index contributed by atoms with van der Waals surface area (Å²) in [6, 6.07) is 16.5. The number of aryl methyl sites for hydroxylation is 1. The molecule has 0 bridgehead atoms. The van der Waals surface area contributed by atoms with Crippen LogP contribution in [0.2, 0.25) is 0 Å². The smallest absolute Gasteiger partial charge is 0.119 e. The summed E-state index contributed by atoms with van der Waals surface area (Å²) < 4.78 is 10.9. The molecule has 1 fully saturated rings. The molecule has 1 aliphatic rings. The van der Waals surface area contributed by atoms with Crippen molar-refractivity contribution >= 4 is 0 Å². The first kappa shape index (κ1) is 17.8. The summed E-state index contributed by atoms with van der Waals surface area (Å²) in [5.74, 6) is 1.68. The lowest BCUT2D eigenvalue weighted by molar-refractivity contribution is 0.0638. The van der Waals surface area contributed by atoms with Gasteiger partial charge in [-0.2, -0.15) is 0 Å². The molecule has 2 atom stereocenters. The highest BCUT2D eigenvalue weighted by Gasteiger charge is 2.27. The predicted molar refractivity (Wildman–Crippen MR) is 99.2 cm³/mol. The maximum Gasteiger partial charge on any atom is 0.119 e. The molecule has 4 nitrogen and oxygen atoms in total. The van der Waals surface area contributed by atoms with Crippen molar-refractivity contribution < 1.29 is 14.6 Å². The van der Waals surface area contributed by atoms with Gasteiger partial charge in [0.05, 0.1) is 7.11 Å². The van der Waals surface area contributed by atoms with E-state index >= 15 is 0 Å². The summed E-state index contributed by atoms with van der Waals surface area (Å²) in [4.78, 5) is 2.35. The second-order valence-corrected chi connectivity index (χ2v) is 6.70. The molecule has 134 valence electrons. The summed E-state index contributed by atoms with van der Waals surface area (Å²) in [7, 11) is 1.68. The van der Waals surface area contributed by atoms with Crippen molar-refractivity contribution in [2.45, 2.75) is 31.9 Å². The number of methoxy groups -OCH3 is 1. The minimum Gasteiger partial charge on any atom is -0.497 e. The minimum atomic E-state index is -0.500. The Morgan fingerprint density at radius 2 is 1.76 bits per heavy atom. The van der Waals surface area contributed by atoms with Crippen LogP contribution in [-0.4, -0.2) is 42.9 Å². The van der Waals surface area contributed by atoms with Gasteiger partial charge in [0, 0.05) is 12.6 Å². The summed E-state index contributed by atoms with van der Waals surface area (Å²) in [5, 5.41) is 10.4. The normalized spacial score (nSPS) is 18.9. The van der Waals surface area contributed by atoms with Gasteiger partial charge in [0.25, 0.3) is 0 Å². The van der Waals surface area contributed by atoms with Gasteiger partial charge in [0.15, 0.2) is 0 Å². The first-order valence-electron chi connectivity index (χ1n) is 8.91. The second kappa shape index (κ2) is 8.37. The molecule has 0 amide bonds. The van der Waals surface area contributed by atoms with Crippen LogP contribution in [0.25, 0.3) is 0 Å². The quantitative estimate of drug-likeness (QED) is 0.836. The molecular weight excluding hydrogens is 314 g/mol. The van der Waals surface area contributed by atoms with Crippen LogP contribution in [0.3, 0.4) is 0 Å². The number of likely N-dealkylation sites (tertiary alicyclic amines) is 1. The van der Waals surface area contributed by atoms with Gasteiger partial charge in [-0.15, -0.1) is 0 Å². The van der Waals surface area contributed by atoms with Crippen molar-refractivity contribution in [3.8, 4) is 11.5 Å². The van der Waals surface area contributed by atoms with Crippen molar-refractivity contribution in [3.05, 3.63) is 59.7 Å². The third kappa shape index (κ3) is 4.74. The zero-order valence-electron chi connectivity index (χ0n) is 15.0. The SMILES string of the molecule is COc1ccc(C2CCCN2CC(O)COc2ccc(C)cc2)cc1. The molecule has 0 spiro atoms. The molecule has 4 heteroatoms. The van der Waals surface area contributed by atoms with Gasteiger partial charge in [-0.3, -0.25) is 4.90 Å². The van der Waals surface area contributed by atoms with E-state index in [1.165, 1.54) is 11.1 Å². The van der Waals surface area contributed by atoms with E-state index in [1.54, 1.807) is 7.11 Å².